The smallest absolute Gasteiger partial charge is 0.0207 e. The Kier molecular flexibility index (Phi) is 6.90. The molecule has 0 aromatic heterocycles. The van der Waals surface area contributed by atoms with Crippen LogP contribution in [0.4, 0.5) is 0 Å². The number of benzene rings is 10. The first-order valence-electron chi connectivity index (χ1n) is 18.2. The van der Waals surface area contributed by atoms with Crippen LogP contribution in [0.1, 0.15) is 0 Å². The van der Waals surface area contributed by atoms with Crippen molar-refractivity contribution >= 4 is 54.9 Å². The molecule has 0 saturated heterocycles. The second-order valence-corrected chi connectivity index (χ2v) is 15.1. The second-order valence-electron chi connectivity index (χ2n) is 14.0. The van der Waals surface area contributed by atoms with Crippen molar-refractivity contribution in [3.05, 3.63) is 194 Å². The highest BCUT2D eigenvalue weighted by atomic mass is 32.2. The van der Waals surface area contributed by atoms with Gasteiger partial charge < -0.3 is 0 Å². The van der Waals surface area contributed by atoms with E-state index in [1.165, 1.54) is 109 Å². The molecule has 0 unspecified atom stereocenters. The first kappa shape index (κ1) is 30.2. The summed E-state index contributed by atoms with van der Waals surface area (Å²) in [6, 6.07) is 71.7. The molecule has 1 heterocycles. The van der Waals surface area contributed by atoms with Gasteiger partial charge in [0, 0.05) is 20.7 Å². The van der Waals surface area contributed by atoms with Gasteiger partial charge in [0.05, 0.1) is 0 Å². The summed E-state index contributed by atoms with van der Waals surface area (Å²) in [5, 5.41) is 10.3. The molecule has 1 aliphatic rings. The van der Waals surface area contributed by atoms with Gasteiger partial charge in [-0.3, -0.25) is 0 Å². The van der Waals surface area contributed by atoms with Crippen molar-refractivity contribution in [1.29, 1.82) is 0 Å². The molecule has 11 rings (SSSR count). The van der Waals surface area contributed by atoms with Crippen molar-refractivity contribution in [1.82, 2.24) is 0 Å². The maximum atomic E-state index is 2.43. The molecular formula is C52H32S. The molecule has 0 nitrogen and oxygen atoms in total. The van der Waals surface area contributed by atoms with Crippen LogP contribution in [0.3, 0.4) is 0 Å². The Morgan fingerprint density at radius 2 is 0.887 bits per heavy atom. The first-order chi connectivity index (χ1) is 26.3. The SMILES string of the molecule is c1ccc(-c2ccc3c(c2)Sc2cccc4c2c-3c(-c2ccccc2)c2ccc(-c3ccc5cc(-c6cccc7ccccc67)ccc5c3)cc24)cc1. The summed E-state index contributed by atoms with van der Waals surface area (Å²) in [5.41, 5.74) is 12.7. The van der Waals surface area contributed by atoms with Crippen molar-refractivity contribution in [2.75, 3.05) is 0 Å². The van der Waals surface area contributed by atoms with Gasteiger partial charge in [-0.1, -0.05) is 176 Å². The Bertz CT molecular complexity index is 3060. The molecule has 0 radical (unpaired) electrons. The van der Waals surface area contributed by atoms with Crippen LogP contribution in [0.5, 0.6) is 0 Å². The Morgan fingerprint density at radius 3 is 1.74 bits per heavy atom. The van der Waals surface area contributed by atoms with Gasteiger partial charge >= 0.3 is 0 Å². The minimum absolute atomic E-state index is 1.23. The monoisotopic (exact) mass is 688 g/mol. The van der Waals surface area contributed by atoms with Gasteiger partial charge in [0.1, 0.15) is 0 Å². The molecule has 0 aliphatic carbocycles. The zero-order chi connectivity index (χ0) is 34.9. The summed E-state index contributed by atoms with van der Waals surface area (Å²) in [5.74, 6) is 0. The Balaban J connectivity index is 1.09. The average molecular weight is 689 g/mol. The van der Waals surface area contributed by atoms with Crippen LogP contribution in [0.2, 0.25) is 0 Å². The molecule has 10 aromatic rings. The highest BCUT2D eigenvalue weighted by Gasteiger charge is 2.26. The van der Waals surface area contributed by atoms with Gasteiger partial charge in [-0.25, -0.2) is 0 Å². The molecule has 0 amide bonds. The first-order valence-corrected chi connectivity index (χ1v) is 19.1. The van der Waals surface area contributed by atoms with E-state index in [0.29, 0.717) is 0 Å². The van der Waals surface area contributed by atoms with Gasteiger partial charge in [0.15, 0.2) is 0 Å². The van der Waals surface area contributed by atoms with Crippen LogP contribution in [0, 0.1) is 0 Å². The van der Waals surface area contributed by atoms with E-state index >= 15 is 0 Å². The predicted molar refractivity (Wildman–Crippen MR) is 228 cm³/mol. The van der Waals surface area contributed by atoms with Crippen LogP contribution in [-0.4, -0.2) is 0 Å². The molecule has 0 N–H and O–H groups in total. The van der Waals surface area contributed by atoms with Crippen LogP contribution >= 0.6 is 11.8 Å². The van der Waals surface area contributed by atoms with Crippen molar-refractivity contribution in [2.24, 2.45) is 0 Å². The Morgan fingerprint density at radius 1 is 0.264 bits per heavy atom. The van der Waals surface area contributed by atoms with E-state index < -0.39 is 0 Å². The van der Waals surface area contributed by atoms with E-state index in [2.05, 4.69) is 194 Å². The van der Waals surface area contributed by atoms with E-state index in [4.69, 9.17) is 0 Å². The van der Waals surface area contributed by atoms with Crippen molar-refractivity contribution in [3.8, 4) is 55.6 Å². The van der Waals surface area contributed by atoms with Gasteiger partial charge in [0.2, 0.25) is 0 Å². The third-order valence-electron chi connectivity index (χ3n) is 11.0. The van der Waals surface area contributed by atoms with Gasteiger partial charge in [-0.15, -0.1) is 0 Å². The summed E-state index contributed by atoms with van der Waals surface area (Å²) >= 11 is 1.90. The number of hydrogen-bond donors (Lipinski definition) is 0. The second kappa shape index (κ2) is 12.1. The molecule has 0 spiro atoms. The Hall–Kier alpha value is -6.41. The molecular weight excluding hydrogens is 657 g/mol. The van der Waals surface area contributed by atoms with Crippen LogP contribution in [-0.2, 0) is 0 Å². The molecule has 0 bridgehead atoms. The largest absolute Gasteiger partial charge is 0.0887 e. The molecule has 53 heavy (non-hydrogen) atoms. The van der Waals surface area contributed by atoms with Crippen molar-refractivity contribution in [3.63, 3.8) is 0 Å². The molecule has 1 aliphatic heterocycles. The fraction of sp³-hybridized carbons (Fsp3) is 0. The summed E-state index contributed by atoms with van der Waals surface area (Å²) in [6.07, 6.45) is 0. The normalized spacial score (nSPS) is 12.1. The highest BCUT2D eigenvalue weighted by molar-refractivity contribution is 7.99. The van der Waals surface area contributed by atoms with E-state index in [0.717, 1.165) is 0 Å². The lowest BCUT2D eigenvalue weighted by molar-refractivity contribution is 1.40. The molecule has 246 valence electrons. The average Bonchev–Trinajstić information content (AvgIpc) is 3.23. The fourth-order valence-corrected chi connectivity index (χ4v) is 9.67. The number of hydrogen-bond acceptors (Lipinski definition) is 1. The minimum Gasteiger partial charge on any atom is -0.0887 e. The number of fused-ring (bicyclic) bond motifs is 6. The zero-order valence-corrected chi connectivity index (χ0v) is 29.7. The lowest BCUT2D eigenvalue weighted by Gasteiger charge is -2.26. The van der Waals surface area contributed by atoms with Gasteiger partial charge in [-0.05, 0) is 118 Å². The maximum Gasteiger partial charge on any atom is 0.0207 e. The quantitative estimate of drug-likeness (QED) is 0.166. The van der Waals surface area contributed by atoms with Crippen LogP contribution < -0.4 is 0 Å². The lowest BCUT2D eigenvalue weighted by Crippen LogP contribution is -1.98. The third kappa shape index (κ3) is 4.93. The highest BCUT2D eigenvalue weighted by Crippen LogP contribution is 2.55. The molecule has 0 atom stereocenters. The Labute approximate surface area is 313 Å². The summed E-state index contributed by atoms with van der Waals surface area (Å²) in [4.78, 5) is 2.62. The topological polar surface area (TPSA) is 0 Å². The molecule has 1 heteroatoms. The van der Waals surface area contributed by atoms with Crippen LogP contribution in [0.25, 0.3) is 98.7 Å². The summed E-state index contributed by atoms with van der Waals surface area (Å²) in [6.45, 7) is 0. The summed E-state index contributed by atoms with van der Waals surface area (Å²) < 4.78 is 0. The molecule has 10 aromatic carbocycles. The fourth-order valence-electron chi connectivity index (χ4n) is 8.51. The van der Waals surface area contributed by atoms with E-state index in [1.54, 1.807) is 0 Å². The lowest BCUT2D eigenvalue weighted by atomic mass is 9.83. The van der Waals surface area contributed by atoms with Crippen LogP contribution in [0.15, 0.2) is 204 Å². The molecule has 0 saturated carbocycles. The van der Waals surface area contributed by atoms with Gasteiger partial charge in [-0.2, -0.15) is 0 Å². The van der Waals surface area contributed by atoms with Gasteiger partial charge in [0.25, 0.3) is 0 Å². The van der Waals surface area contributed by atoms with Crippen molar-refractivity contribution < 1.29 is 0 Å². The third-order valence-corrected chi connectivity index (χ3v) is 12.1. The summed E-state index contributed by atoms with van der Waals surface area (Å²) in [7, 11) is 0. The maximum absolute atomic E-state index is 2.43. The standard InChI is InChI=1S/C52H32S/c1-3-11-33(12-4-1)40-26-28-46-49(32-40)53-48-20-10-19-44-47-31-39(25-27-45(47)50(52(46)51(44)48)35-14-5-2-6-15-35)37-21-22-38-30-41(24-23-36(38)29-37)43-18-9-16-34-13-7-8-17-42(34)43/h1-32H. The number of rotatable bonds is 4. The van der Waals surface area contributed by atoms with E-state index in [-0.39, 0.29) is 0 Å². The van der Waals surface area contributed by atoms with E-state index in [1.807, 2.05) is 11.8 Å². The van der Waals surface area contributed by atoms with Crippen molar-refractivity contribution in [2.45, 2.75) is 9.79 Å². The zero-order valence-electron chi connectivity index (χ0n) is 28.9. The van der Waals surface area contributed by atoms with E-state index in [9.17, 15) is 0 Å². The minimum atomic E-state index is 1.23. The molecule has 0 fully saturated rings. The predicted octanol–water partition coefficient (Wildman–Crippen LogP) is 15.1.